The van der Waals surface area contributed by atoms with E-state index in [1.54, 1.807) is 13.0 Å². The molecule has 1 fully saturated rings. The third-order valence-corrected chi connectivity index (χ3v) is 5.55. The van der Waals surface area contributed by atoms with E-state index in [2.05, 4.69) is 15.3 Å². The van der Waals surface area contributed by atoms with Crippen molar-refractivity contribution in [3.63, 3.8) is 0 Å². The molecule has 2 heterocycles. The van der Waals surface area contributed by atoms with Crippen LogP contribution in [0.15, 0.2) is 32.6 Å². The zero-order valence-electron chi connectivity index (χ0n) is 16.3. The van der Waals surface area contributed by atoms with Gasteiger partial charge in [-0.15, -0.1) is 10.2 Å². The molecule has 3 N–H and O–H groups in total. The summed E-state index contributed by atoms with van der Waals surface area (Å²) < 4.78 is 6.43. The van der Waals surface area contributed by atoms with Crippen LogP contribution >= 0.6 is 23.2 Å². The first-order chi connectivity index (χ1) is 15.1. The Morgan fingerprint density at radius 1 is 1.22 bits per heavy atom. The van der Waals surface area contributed by atoms with E-state index in [0.717, 1.165) is 4.68 Å². The average Bonchev–Trinajstić information content (AvgIpc) is 2.70. The van der Waals surface area contributed by atoms with Crippen molar-refractivity contribution in [2.45, 2.75) is 31.3 Å². The highest BCUT2D eigenvalue weighted by molar-refractivity contribution is 6.37. The Bertz CT molecular complexity index is 1420. The van der Waals surface area contributed by atoms with Crippen LogP contribution in [0.4, 0.5) is 0 Å². The van der Waals surface area contributed by atoms with Crippen LogP contribution in [0, 0.1) is 11.3 Å². The van der Waals surface area contributed by atoms with Gasteiger partial charge < -0.3 is 9.84 Å². The maximum Gasteiger partial charge on any atom is 0.349 e. The number of ether oxygens (including phenoxy) is 1. The van der Waals surface area contributed by atoms with Gasteiger partial charge in [-0.1, -0.05) is 23.2 Å². The van der Waals surface area contributed by atoms with E-state index in [-0.39, 0.29) is 38.8 Å². The van der Waals surface area contributed by atoms with Crippen molar-refractivity contribution in [1.29, 1.82) is 5.26 Å². The van der Waals surface area contributed by atoms with Gasteiger partial charge in [0.1, 0.15) is 6.07 Å². The molecule has 1 aliphatic rings. The van der Waals surface area contributed by atoms with Gasteiger partial charge >= 0.3 is 5.69 Å². The third kappa shape index (κ3) is 4.03. The Kier molecular flexibility index (Phi) is 5.37. The third-order valence-electron chi connectivity index (χ3n) is 4.99. The molecule has 0 unspecified atom stereocenters. The number of benzene rings is 1. The van der Waals surface area contributed by atoms with E-state index in [0.29, 0.717) is 18.4 Å². The fraction of sp³-hybridized carbons (Fsp3) is 0.263. The molecule has 4 rings (SSSR count). The van der Waals surface area contributed by atoms with E-state index in [1.807, 2.05) is 4.98 Å². The smallest absolute Gasteiger partial charge is 0.349 e. The number of nitriles is 1. The summed E-state index contributed by atoms with van der Waals surface area (Å²) in [5.74, 6) is -0.116. The summed E-state index contributed by atoms with van der Waals surface area (Å²) >= 11 is 12.6. The molecule has 1 aliphatic carbocycles. The summed E-state index contributed by atoms with van der Waals surface area (Å²) in [5.41, 5.74) is -3.03. The number of nitrogens with one attached hydrogen (secondary N) is 2. The molecule has 11 nitrogen and oxygen atoms in total. The van der Waals surface area contributed by atoms with Crippen LogP contribution in [0.2, 0.25) is 10.0 Å². The van der Waals surface area contributed by atoms with Crippen molar-refractivity contribution in [2.24, 2.45) is 0 Å². The van der Waals surface area contributed by atoms with Gasteiger partial charge in [-0.2, -0.15) is 9.94 Å². The van der Waals surface area contributed by atoms with Crippen molar-refractivity contribution in [3.05, 3.63) is 70.7 Å². The fourth-order valence-electron chi connectivity index (χ4n) is 3.50. The quantitative estimate of drug-likeness (QED) is 0.510. The van der Waals surface area contributed by atoms with Crippen molar-refractivity contribution in [2.75, 3.05) is 0 Å². The Morgan fingerprint density at radius 2 is 1.88 bits per heavy atom. The molecule has 13 heteroatoms. The summed E-state index contributed by atoms with van der Waals surface area (Å²) in [7, 11) is 0. The highest BCUT2D eigenvalue weighted by Gasteiger charge is 2.40. The summed E-state index contributed by atoms with van der Waals surface area (Å²) in [6.45, 7) is 1.69. The second-order valence-corrected chi connectivity index (χ2v) is 8.38. The van der Waals surface area contributed by atoms with Crippen LogP contribution in [0.3, 0.4) is 0 Å². The molecule has 1 saturated carbocycles. The number of aromatic nitrogens is 5. The minimum atomic E-state index is -0.918. The molecule has 0 amide bonds. The standard InChI is InChI=1S/C19H14Cl2N6O5/c1-19(31)5-8(6-19)10-4-14(24-25-16(10)28)32-15-11(20)2-9(3-12(15)21)27-18(30)23-17(29)13(7-22)26-27/h2-4,8,31H,5-6H2,1H3,(H,25,28)(H,23,29,30). The Balaban J connectivity index is 1.68. The molecule has 32 heavy (non-hydrogen) atoms. The molecule has 0 aliphatic heterocycles. The number of rotatable bonds is 4. The zero-order valence-corrected chi connectivity index (χ0v) is 17.9. The molecular weight excluding hydrogens is 463 g/mol. The highest BCUT2D eigenvalue weighted by atomic mass is 35.5. The maximum absolute atomic E-state index is 12.1. The van der Waals surface area contributed by atoms with Crippen LogP contribution in [-0.4, -0.2) is 35.7 Å². The van der Waals surface area contributed by atoms with Gasteiger partial charge in [0, 0.05) is 11.6 Å². The molecule has 1 aromatic carbocycles. The summed E-state index contributed by atoms with van der Waals surface area (Å²) in [5, 5.41) is 28.7. The van der Waals surface area contributed by atoms with E-state index in [1.165, 1.54) is 18.2 Å². The molecule has 0 bridgehead atoms. The lowest BCUT2D eigenvalue weighted by atomic mass is 9.69. The van der Waals surface area contributed by atoms with E-state index in [9.17, 15) is 19.5 Å². The topological polar surface area (TPSA) is 167 Å². The second-order valence-electron chi connectivity index (χ2n) is 7.56. The van der Waals surface area contributed by atoms with Gasteiger partial charge in [0.05, 0.1) is 21.3 Å². The van der Waals surface area contributed by atoms with Crippen LogP contribution in [-0.2, 0) is 0 Å². The Hall–Kier alpha value is -3.46. The fourth-order valence-corrected chi connectivity index (χ4v) is 4.05. The molecule has 0 atom stereocenters. The molecule has 0 radical (unpaired) electrons. The number of aliphatic hydroxyl groups is 1. The monoisotopic (exact) mass is 476 g/mol. The van der Waals surface area contributed by atoms with Gasteiger partial charge in [-0.3, -0.25) is 14.6 Å². The SMILES string of the molecule is CC1(O)CC(c2cc(Oc3c(Cl)cc(-n4nc(C#N)c(=O)[nH]c4=O)cc3Cl)n[nH]c2=O)C1. The summed E-state index contributed by atoms with van der Waals surface area (Å²) in [6.07, 6.45) is 0.864. The van der Waals surface area contributed by atoms with Crippen molar-refractivity contribution >= 4 is 23.2 Å². The van der Waals surface area contributed by atoms with Gasteiger partial charge in [-0.05, 0) is 37.8 Å². The molecule has 2 aromatic heterocycles. The average molecular weight is 477 g/mol. The maximum atomic E-state index is 12.1. The van der Waals surface area contributed by atoms with Crippen LogP contribution < -0.4 is 21.5 Å². The number of aromatic amines is 2. The number of halogens is 2. The summed E-state index contributed by atoms with van der Waals surface area (Å²) in [6, 6.07) is 5.63. The van der Waals surface area contributed by atoms with Crippen molar-refractivity contribution in [3.8, 4) is 23.4 Å². The summed E-state index contributed by atoms with van der Waals surface area (Å²) in [4.78, 5) is 37.7. The van der Waals surface area contributed by atoms with E-state index < -0.39 is 22.5 Å². The zero-order chi connectivity index (χ0) is 23.2. The lowest BCUT2D eigenvalue weighted by Gasteiger charge is -2.40. The Labute approximate surface area is 188 Å². The first-order valence-electron chi connectivity index (χ1n) is 9.21. The van der Waals surface area contributed by atoms with Gasteiger partial charge in [-0.25, -0.2) is 9.89 Å². The molecule has 0 saturated heterocycles. The van der Waals surface area contributed by atoms with Crippen LogP contribution in [0.1, 0.15) is 36.9 Å². The predicted molar refractivity (Wildman–Crippen MR) is 113 cm³/mol. The number of hydrogen-bond acceptors (Lipinski definition) is 8. The van der Waals surface area contributed by atoms with Gasteiger partial charge in [0.2, 0.25) is 11.6 Å². The molecule has 3 aromatic rings. The first-order valence-corrected chi connectivity index (χ1v) is 9.96. The normalized spacial score (nSPS) is 19.8. The largest absolute Gasteiger partial charge is 0.434 e. The van der Waals surface area contributed by atoms with Gasteiger partial charge in [0.15, 0.2) is 5.75 Å². The minimum absolute atomic E-state index is 0.00108. The van der Waals surface area contributed by atoms with Gasteiger partial charge in [0.25, 0.3) is 11.1 Å². The molecule has 0 spiro atoms. The number of nitrogens with zero attached hydrogens (tertiary/aromatic N) is 4. The first kappa shape index (κ1) is 21.8. The lowest BCUT2D eigenvalue weighted by Crippen LogP contribution is -2.41. The van der Waals surface area contributed by atoms with E-state index in [4.69, 9.17) is 33.2 Å². The van der Waals surface area contributed by atoms with Crippen LogP contribution in [0.5, 0.6) is 11.6 Å². The molecule has 164 valence electrons. The predicted octanol–water partition coefficient (Wildman–Crippen LogP) is 1.60. The number of hydrogen-bond donors (Lipinski definition) is 3. The van der Waals surface area contributed by atoms with Crippen molar-refractivity contribution < 1.29 is 9.84 Å². The Morgan fingerprint density at radius 3 is 2.47 bits per heavy atom. The highest BCUT2D eigenvalue weighted by Crippen LogP contribution is 2.44. The lowest BCUT2D eigenvalue weighted by molar-refractivity contribution is -0.0317. The minimum Gasteiger partial charge on any atom is -0.434 e. The van der Waals surface area contributed by atoms with Crippen LogP contribution in [0.25, 0.3) is 5.69 Å². The second kappa shape index (κ2) is 7.90. The van der Waals surface area contributed by atoms with E-state index >= 15 is 0 Å². The molecular formula is C19H14Cl2N6O5. The van der Waals surface area contributed by atoms with Crippen molar-refractivity contribution in [1.82, 2.24) is 25.0 Å². The number of H-pyrrole nitrogens is 2.